The number of aliphatic imine (C=N–C) groups is 1. The van der Waals surface area contributed by atoms with Gasteiger partial charge in [0.1, 0.15) is 0 Å². The highest BCUT2D eigenvalue weighted by Crippen LogP contribution is 2.09. The Morgan fingerprint density at radius 1 is 1.30 bits per heavy atom. The van der Waals surface area contributed by atoms with Crippen LogP contribution in [0.1, 0.15) is 23.7 Å². The first-order valence-corrected chi connectivity index (χ1v) is 6.75. The molecule has 2 aromatic rings. The number of hydrogen-bond acceptors (Lipinski definition) is 2. The van der Waals surface area contributed by atoms with Crippen LogP contribution in [0.4, 0.5) is 5.69 Å². The first-order valence-electron chi connectivity index (χ1n) is 6.75. The van der Waals surface area contributed by atoms with Crippen LogP contribution in [0.25, 0.3) is 0 Å². The molecule has 0 bridgehead atoms. The summed E-state index contributed by atoms with van der Waals surface area (Å²) in [5.41, 5.74) is 10.2. The van der Waals surface area contributed by atoms with E-state index in [1.807, 2.05) is 43.5 Å². The smallest absolute Gasteiger partial charge is 0.193 e. The molecule has 104 valence electrons. The highest BCUT2D eigenvalue weighted by atomic mass is 15.1. The monoisotopic (exact) mass is 268 g/mol. The molecule has 0 amide bonds. The molecule has 0 spiro atoms. The summed E-state index contributed by atoms with van der Waals surface area (Å²) < 4.78 is 0. The van der Waals surface area contributed by atoms with Crippen molar-refractivity contribution in [2.75, 3.05) is 5.32 Å². The molecule has 20 heavy (non-hydrogen) atoms. The molecule has 0 radical (unpaired) electrons. The van der Waals surface area contributed by atoms with E-state index in [0.717, 1.165) is 17.8 Å². The van der Waals surface area contributed by atoms with Gasteiger partial charge in [-0.15, -0.1) is 0 Å². The highest BCUT2D eigenvalue weighted by Gasteiger charge is 1.98. The van der Waals surface area contributed by atoms with E-state index >= 15 is 0 Å². The Hall–Kier alpha value is -2.36. The summed E-state index contributed by atoms with van der Waals surface area (Å²) in [5.74, 6) is 0.402. The van der Waals surface area contributed by atoms with Crippen LogP contribution < -0.4 is 11.1 Å². The van der Waals surface area contributed by atoms with E-state index in [4.69, 9.17) is 5.73 Å². The van der Waals surface area contributed by atoms with Crippen molar-refractivity contribution >= 4 is 11.6 Å². The van der Waals surface area contributed by atoms with Crippen molar-refractivity contribution < 1.29 is 0 Å². The van der Waals surface area contributed by atoms with Crippen molar-refractivity contribution in [1.82, 2.24) is 4.98 Å². The van der Waals surface area contributed by atoms with Crippen molar-refractivity contribution in [3.63, 3.8) is 0 Å². The Bertz CT molecular complexity index is 605. The minimum absolute atomic E-state index is 0.402. The van der Waals surface area contributed by atoms with Gasteiger partial charge in [0, 0.05) is 11.9 Å². The van der Waals surface area contributed by atoms with E-state index < -0.39 is 0 Å². The molecule has 1 heterocycles. The van der Waals surface area contributed by atoms with E-state index in [2.05, 4.69) is 28.3 Å². The number of nitrogens with two attached hydrogens (primary N) is 1. The van der Waals surface area contributed by atoms with Crippen LogP contribution in [0, 0.1) is 6.92 Å². The average Bonchev–Trinajstić information content (AvgIpc) is 2.45. The van der Waals surface area contributed by atoms with Gasteiger partial charge in [-0.05, 0) is 48.7 Å². The molecule has 0 atom stereocenters. The van der Waals surface area contributed by atoms with Gasteiger partial charge in [0.2, 0.25) is 0 Å². The maximum Gasteiger partial charge on any atom is 0.193 e. The Morgan fingerprint density at radius 2 is 2.15 bits per heavy atom. The van der Waals surface area contributed by atoms with Crippen LogP contribution in [0.5, 0.6) is 0 Å². The van der Waals surface area contributed by atoms with Crippen molar-refractivity contribution in [1.29, 1.82) is 0 Å². The number of aromatic nitrogens is 1. The summed E-state index contributed by atoms with van der Waals surface area (Å²) in [7, 11) is 0. The summed E-state index contributed by atoms with van der Waals surface area (Å²) in [6.07, 6.45) is 2.81. The molecule has 1 aromatic heterocycles. The summed E-state index contributed by atoms with van der Waals surface area (Å²) in [4.78, 5) is 8.61. The minimum Gasteiger partial charge on any atom is -0.370 e. The van der Waals surface area contributed by atoms with Gasteiger partial charge in [-0.3, -0.25) is 4.98 Å². The van der Waals surface area contributed by atoms with Gasteiger partial charge >= 0.3 is 0 Å². The fourth-order valence-corrected chi connectivity index (χ4v) is 1.91. The van der Waals surface area contributed by atoms with Crippen molar-refractivity contribution in [3.05, 3.63) is 59.4 Å². The molecule has 1 aromatic carbocycles. The number of guanidine groups is 1. The lowest BCUT2D eigenvalue weighted by molar-refractivity contribution is 0.967. The lowest BCUT2D eigenvalue weighted by atomic mass is 10.2. The molecule has 0 unspecified atom stereocenters. The summed E-state index contributed by atoms with van der Waals surface area (Å²) in [5, 5.41) is 3.08. The first kappa shape index (κ1) is 14.1. The number of nitrogens with one attached hydrogen (secondary N) is 1. The zero-order chi connectivity index (χ0) is 14.4. The Balaban J connectivity index is 2.00. The molecule has 0 fully saturated rings. The van der Waals surface area contributed by atoms with Crippen LogP contribution in [-0.2, 0) is 13.0 Å². The maximum atomic E-state index is 5.89. The number of pyridine rings is 1. The number of nitrogens with zero attached hydrogens (tertiary/aromatic N) is 2. The molecule has 0 aliphatic rings. The van der Waals surface area contributed by atoms with Gasteiger partial charge in [0.25, 0.3) is 0 Å². The second-order valence-corrected chi connectivity index (χ2v) is 4.70. The topological polar surface area (TPSA) is 63.3 Å². The zero-order valence-electron chi connectivity index (χ0n) is 11.9. The molecule has 0 aliphatic heterocycles. The third kappa shape index (κ3) is 4.09. The molecule has 0 saturated heterocycles. The fraction of sp³-hybridized carbons (Fsp3) is 0.250. The molecular weight excluding hydrogens is 248 g/mol. The molecule has 3 N–H and O–H groups in total. The molecule has 4 heteroatoms. The lowest BCUT2D eigenvalue weighted by Gasteiger charge is -2.06. The fourth-order valence-electron chi connectivity index (χ4n) is 1.91. The molecular formula is C16H20N4. The van der Waals surface area contributed by atoms with Gasteiger partial charge in [0.05, 0.1) is 12.2 Å². The van der Waals surface area contributed by atoms with E-state index in [0.29, 0.717) is 12.5 Å². The van der Waals surface area contributed by atoms with Crippen LogP contribution in [-0.4, -0.2) is 10.9 Å². The molecule has 0 saturated carbocycles. The van der Waals surface area contributed by atoms with Gasteiger partial charge in [0.15, 0.2) is 5.96 Å². The Morgan fingerprint density at radius 3 is 2.90 bits per heavy atom. The third-order valence-corrected chi connectivity index (χ3v) is 2.99. The van der Waals surface area contributed by atoms with Crippen molar-refractivity contribution in [2.45, 2.75) is 26.8 Å². The van der Waals surface area contributed by atoms with E-state index in [1.165, 1.54) is 11.1 Å². The normalized spacial score (nSPS) is 11.4. The Labute approximate surface area is 119 Å². The summed E-state index contributed by atoms with van der Waals surface area (Å²) in [6.45, 7) is 4.65. The van der Waals surface area contributed by atoms with Crippen LogP contribution in [0.15, 0.2) is 47.6 Å². The van der Waals surface area contributed by atoms with Gasteiger partial charge in [-0.2, -0.15) is 0 Å². The zero-order valence-corrected chi connectivity index (χ0v) is 11.9. The average molecular weight is 268 g/mol. The van der Waals surface area contributed by atoms with Crippen LogP contribution in [0.3, 0.4) is 0 Å². The lowest BCUT2D eigenvalue weighted by Crippen LogP contribution is -2.22. The molecule has 2 rings (SSSR count). The van der Waals surface area contributed by atoms with E-state index in [9.17, 15) is 0 Å². The van der Waals surface area contributed by atoms with Gasteiger partial charge < -0.3 is 11.1 Å². The number of rotatable bonds is 4. The standard InChI is InChI=1S/C16H20N4/c1-3-13-7-8-18-15(10-13)11-19-16(17)20-14-6-4-5-12(2)9-14/h4-10H,3,11H2,1-2H3,(H3,17,19,20). The van der Waals surface area contributed by atoms with Crippen molar-refractivity contribution in [3.8, 4) is 0 Å². The van der Waals surface area contributed by atoms with E-state index in [1.54, 1.807) is 0 Å². The van der Waals surface area contributed by atoms with Gasteiger partial charge in [-0.1, -0.05) is 19.1 Å². The first-order chi connectivity index (χ1) is 9.67. The second-order valence-electron chi connectivity index (χ2n) is 4.70. The highest BCUT2D eigenvalue weighted by molar-refractivity contribution is 5.92. The van der Waals surface area contributed by atoms with E-state index in [-0.39, 0.29) is 0 Å². The molecule has 0 aliphatic carbocycles. The number of benzene rings is 1. The summed E-state index contributed by atoms with van der Waals surface area (Å²) in [6, 6.07) is 12.1. The third-order valence-electron chi connectivity index (χ3n) is 2.99. The quantitative estimate of drug-likeness (QED) is 0.662. The second kappa shape index (κ2) is 6.70. The number of anilines is 1. The maximum absolute atomic E-state index is 5.89. The van der Waals surface area contributed by atoms with Crippen molar-refractivity contribution in [2.24, 2.45) is 10.7 Å². The molecule has 4 nitrogen and oxygen atoms in total. The summed E-state index contributed by atoms with van der Waals surface area (Å²) >= 11 is 0. The Kier molecular flexibility index (Phi) is 4.71. The van der Waals surface area contributed by atoms with Crippen LogP contribution >= 0.6 is 0 Å². The number of hydrogen-bond donors (Lipinski definition) is 2. The number of aryl methyl sites for hydroxylation is 2. The predicted molar refractivity (Wildman–Crippen MR) is 83.7 cm³/mol. The van der Waals surface area contributed by atoms with Crippen LogP contribution in [0.2, 0.25) is 0 Å². The van der Waals surface area contributed by atoms with Gasteiger partial charge in [-0.25, -0.2) is 4.99 Å². The largest absolute Gasteiger partial charge is 0.370 e. The minimum atomic E-state index is 0.402. The SMILES string of the molecule is CCc1ccnc(CN=C(N)Nc2cccc(C)c2)c1. The predicted octanol–water partition coefficient (Wildman–Crippen LogP) is 2.88.